The molecule has 6 nitrogen and oxygen atoms in total. The van der Waals surface area contributed by atoms with Crippen molar-refractivity contribution in [3.63, 3.8) is 0 Å². The van der Waals surface area contributed by atoms with E-state index in [0.29, 0.717) is 16.9 Å². The fraction of sp³-hybridized carbons (Fsp3) is 0.455. The Labute approximate surface area is 122 Å². The molecule has 0 radical (unpaired) electrons. The third-order valence-corrected chi connectivity index (χ3v) is 6.49. The van der Waals surface area contributed by atoms with Crippen LogP contribution >= 0.6 is 11.3 Å². The zero-order valence-corrected chi connectivity index (χ0v) is 13.2. The number of hydrogen-bond donors (Lipinski definition) is 2. The van der Waals surface area contributed by atoms with Gasteiger partial charge in [-0.3, -0.25) is 0 Å². The van der Waals surface area contributed by atoms with Crippen LogP contribution < -0.4 is 4.72 Å². The van der Waals surface area contributed by atoms with Gasteiger partial charge in [0.1, 0.15) is 0 Å². The molecular weight excluding hydrogens is 322 g/mol. The van der Waals surface area contributed by atoms with E-state index in [9.17, 15) is 16.8 Å². The Morgan fingerprint density at radius 1 is 1.35 bits per heavy atom. The smallest absolute Gasteiger partial charge is 0.226 e. The summed E-state index contributed by atoms with van der Waals surface area (Å²) in [4.78, 5) is 0.701. The van der Waals surface area contributed by atoms with Gasteiger partial charge in [-0.25, -0.2) is 21.6 Å². The van der Waals surface area contributed by atoms with E-state index in [0.717, 1.165) is 6.26 Å². The summed E-state index contributed by atoms with van der Waals surface area (Å²) < 4.78 is 47.3. The molecule has 0 aliphatic rings. The van der Waals surface area contributed by atoms with Crippen molar-refractivity contribution in [2.45, 2.75) is 13.0 Å². The number of aliphatic hydroxyl groups excluding tert-OH is 1. The average molecular weight is 337 g/mol. The Bertz CT molecular complexity index is 707. The monoisotopic (exact) mass is 337 g/mol. The van der Waals surface area contributed by atoms with E-state index in [2.05, 4.69) is 16.6 Å². The highest BCUT2D eigenvalue weighted by Crippen LogP contribution is 2.16. The highest BCUT2D eigenvalue weighted by atomic mass is 32.3. The zero-order chi connectivity index (χ0) is 15.2. The van der Waals surface area contributed by atoms with E-state index in [-0.39, 0.29) is 13.2 Å². The van der Waals surface area contributed by atoms with Crippen molar-refractivity contribution < 1.29 is 21.9 Å². The van der Waals surface area contributed by atoms with E-state index in [1.165, 1.54) is 11.3 Å². The summed E-state index contributed by atoms with van der Waals surface area (Å²) in [6, 6.07) is 1.75. The predicted octanol–water partition coefficient (Wildman–Crippen LogP) is -0.0965. The van der Waals surface area contributed by atoms with Crippen LogP contribution in [-0.4, -0.2) is 39.9 Å². The molecule has 0 atom stereocenters. The second kappa shape index (κ2) is 7.19. The van der Waals surface area contributed by atoms with Crippen LogP contribution in [0.2, 0.25) is 0 Å². The Morgan fingerprint density at radius 2 is 2.05 bits per heavy atom. The molecule has 0 saturated carbocycles. The van der Waals surface area contributed by atoms with Crippen molar-refractivity contribution in [1.29, 1.82) is 0 Å². The zero-order valence-electron chi connectivity index (χ0n) is 10.8. The molecule has 112 valence electrons. The molecule has 1 aromatic rings. The fourth-order valence-electron chi connectivity index (χ4n) is 1.30. The van der Waals surface area contributed by atoms with Gasteiger partial charge in [-0.2, -0.15) is 0 Å². The third-order valence-electron chi connectivity index (χ3n) is 2.03. The quantitative estimate of drug-likeness (QED) is 0.706. The molecule has 0 saturated heterocycles. The maximum atomic E-state index is 11.6. The number of hydrogen-bond acceptors (Lipinski definition) is 6. The summed E-state index contributed by atoms with van der Waals surface area (Å²) in [6.45, 7) is -0.0356. The van der Waals surface area contributed by atoms with Gasteiger partial charge in [-0.05, 0) is 11.4 Å². The van der Waals surface area contributed by atoms with E-state index in [1.54, 1.807) is 11.4 Å². The van der Waals surface area contributed by atoms with Crippen LogP contribution in [0.4, 0.5) is 0 Å². The molecule has 0 aliphatic carbocycles. The molecule has 2 N–H and O–H groups in total. The fourth-order valence-corrected chi connectivity index (χ4v) is 5.12. The summed E-state index contributed by atoms with van der Waals surface area (Å²) in [5.41, 5.74) is 0.672. The van der Waals surface area contributed by atoms with Crippen molar-refractivity contribution >= 4 is 31.2 Å². The van der Waals surface area contributed by atoms with E-state index in [4.69, 9.17) is 5.11 Å². The first-order valence-electron chi connectivity index (χ1n) is 5.55. The lowest BCUT2D eigenvalue weighted by Crippen LogP contribution is -2.29. The standard InChI is InChI=1S/C11H15NO5S3/c1-19(14,15)9-20(16,17)12-8-11-10(5-7-18-11)4-2-3-6-13/h5,7,12-13H,3,6,8-9H2,1H3. The highest BCUT2D eigenvalue weighted by Gasteiger charge is 2.18. The Morgan fingerprint density at radius 3 is 2.65 bits per heavy atom. The van der Waals surface area contributed by atoms with Gasteiger partial charge in [0.25, 0.3) is 0 Å². The first kappa shape index (κ1) is 17.1. The summed E-state index contributed by atoms with van der Waals surface area (Å²) in [6.07, 6.45) is 1.21. The summed E-state index contributed by atoms with van der Waals surface area (Å²) in [5, 5.41) is 9.47. The normalized spacial score (nSPS) is 11.9. The minimum absolute atomic E-state index is 0.00133. The van der Waals surface area contributed by atoms with Crippen molar-refractivity contribution in [3.05, 3.63) is 21.9 Å². The highest BCUT2D eigenvalue weighted by molar-refractivity contribution is 8.06. The Kier molecular flexibility index (Phi) is 6.16. The SMILES string of the molecule is CS(=O)(=O)CS(=O)(=O)NCc1sccc1C#CCCO. The van der Waals surface area contributed by atoms with Crippen LogP contribution in [0, 0.1) is 11.8 Å². The third kappa shape index (κ3) is 6.49. The average Bonchev–Trinajstić information content (AvgIpc) is 2.71. The molecule has 0 aromatic carbocycles. The van der Waals surface area contributed by atoms with Crippen molar-refractivity contribution in [2.75, 3.05) is 17.9 Å². The minimum Gasteiger partial charge on any atom is -0.395 e. The topological polar surface area (TPSA) is 101 Å². The molecule has 0 spiro atoms. The van der Waals surface area contributed by atoms with Gasteiger partial charge in [0.2, 0.25) is 10.0 Å². The summed E-state index contributed by atoms with van der Waals surface area (Å²) in [7, 11) is -7.48. The molecule has 20 heavy (non-hydrogen) atoms. The molecule has 0 fully saturated rings. The lowest BCUT2D eigenvalue weighted by Gasteiger charge is -2.04. The van der Waals surface area contributed by atoms with Crippen LogP contribution in [0.3, 0.4) is 0 Å². The maximum absolute atomic E-state index is 11.6. The van der Waals surface area contributed by atoms with E-state index >= 15 is 0 Å². The van der Waals surface area contributed by atoms with Crippen LogP contribution in [0.25, 0.3) is 0 Å². The van der Waals surface area contributed by atoms with Crippen LogP contribution in [-0.2, 0) is 26.4 Å². The second-order valence-corrected chi connectivity index (χ2v) is 9.33. The van der Waals surface area contributed by atoms with Gasteiger partial charge < -0.3 is 5.11 Å². The number of nitrogens with one attached hydrogen (secondary N) is 1. The van der Waals surface area contributed by atoms with E-state index in [1.807, 2.05) is 0 Å². The summed E-state index contributed by atoms with van der Waals surface area (Å²) in [5.74, 6) is 5.57. The first-order chi connectivity index (χ1) is 9.23. The van der Waals surface area contributed by atoms with E-state index < -0.39 is 24.9 Å². The number of rotatable bonds is 6. The predicted molar refractivity (Wildman–Crippen MR) is 78.4 cm³/mol. The van der Waals surface area contributed by atoms with Gasteiger partial charge in [-0.1, -0.05) is 11.8 Å². The molecular formula is C11H15NO5S3. The van der Waals surface area contributed by atoms with Gasteiger partial charge in [0.05, 0.1) is 6.61 Å². The van der Waals surface area contributed by atoms with Crippen LogP contribution in [0.1, 0.15) is 16.9 Å². The molecule has 0 bridgehead atoms. The molecule has 0 aliphatic heterocycles. The maximum Gasteiger partial charge on any atom is 0.226 e. The van der Waals surface area contributed by atoms with Crippen LogP contribution in [0.5, 0.6) is 0 Å². The summed E-state index contributed by atoms with van der Waals surface area (Å²) >= 11 is 1.32. The minimum atomic E-state index is -3.88. The Balaban J connectivity index is 2.72. The lowest BCUT2D eigenvalue weighted by molar-refractivity contribution is 0.305. The number of sulfonamides is 1. The van der Waals surface area contributed by atoms with Gasteiger partial charge in [0.15, 0.2) is 14.9 Å². The van der Waals surface area contributed by atoms with Crippen molar-refractivity contribution in [3.8, 4) is 11.8 Å². The molecule has 0 amide bonds. The number of thiophene rings is 1. The second-order valence-electron chi connectivity index (χ2n) is 4.01. The number of sulfone groups is 1. The molecule has 0 unspecified atom stereocenters. The van der Waals surface area contributed by atoms with Crippen molar-refractivity contribution in [2.24, 2.45) is 0 Å². The molecule has 9 heteroatoms. The largest absolute Gasteiger partial charge is 0.395 e. The lowest BCUT2D eigenvalue weighted by atomic mass is 10.2. The van der Waals surface area contributed by atoms with Crippen molar-refractivity contribution in [1.82, 2.24) is 4.72 Å². The molecule has 1 rings (SSSR count). The van der Waals surface area contributed by atoms with Crippen LogP contribution in [0.15, 0.2) is 11.4 Å². The Hall–Kier alpha value is -0.920. The first-order valence-corrected chi connectivity index (χ1v) is 10.1. The number of aliphatic hydroxyl groups is 1. The van der Waals surface area contributed by atoms with Gasteiger partial charge in [-0.15, -0.1) is 11.3 Å². The molecule has 1 aromatic heterocycles. The molecule has 1 heterocycles. The van der Waals surface area contributed by atoms with Gasteiger partial charge >= 0.3 is 0 Å². The van der Waals surface area contributed by atoms with Gasteiger partial charge in [0, 0.05) is 29.7 Å².